The van der Waals surface area contributed by atoms with E-state index < -0.39 is 0 Å². The van der Waals surface area contributed by atoms with Crippen molar-refractivity contribution in [1.29, 1.82) is 0 Å². The number of benzene rings is 2. The number of rotatable bonds is 7. The first-order valence-electron chi connectivity index (χ1n) is 11.0. The quantitative estimate of drug-likeness (QED) is 0.499. The van der Waals surface area contributed by atoms with Crippen molar-refractivity contribution >= 4 is 29.1 Å². The van der Waals surface area contributed by atoms with Gasteiger partial charge in [-0.05, 0) is 63.0 Å². The van der Waals surface area contributed by atoms with Crippen molar-refractivity contribution in [3.8, 4) is 5.75 Å². The molecule has 1 aliphatic carbocycles. The van der Waals surface area contributed by atoms with E-state index in [1.807, 2.05) is 4.90 Å². The first kappa shape index (κ1) is 21.8. The van der Waals surface area contributed by atoms with Crippen LogP contribution in [0.5, 0.6) is 5.75 Å². The molecule has 32 heavy (non-hydrogen) atoms. The lowest BCUT2D eigenvalue weighted by Gasteiger charge is -2.30. The molecule has 0 radical (unpaired) electrons. The Morgan fingerprint density at radius 2 is 1.53 bits per heavy atom. The van der Waals surface area contributed by atoms with Crippen LogP contribution in [0.15, 0.2) is 48.5 Å². The zero-order chi connectivity index (χ0) is 22.5. The first-order valence-corrected chi connectivity index (χ1v) is 11.0. The van der Waals surface area contributed by atoms with Gasteiger partial charge in [-0.1, -0.05) is 24.3 Å². The molecular weight excluding hydrogens is 408 g/mol. The summed E-state index contributed by atoms with van der Waals surface area (Å²) < 4.78 is 0. The molecule has 8 nitrogen and oxygen atoms in total. The normalized spacial score (nSPS) is 16.9. The lowest BCUT2D eigenvalue weighted by Crippen LogP contribution is -2.42. The van der Waals surface area contributed by atoms with Gasteiger partial charge >= 0.3 is 0 Å². The molecule has 0 spiro atoms. The number of para-hydroxylation sites is 3. The van der Waals surface area contributed by atoms with Crippen molar-refractivity contribution in [2.75, 3.05) is 30.3 Å². The Hall–Kier alpha value is -3.39. The third-order valence-corrected chi connectivity index (χ3v) is 5.85. The van der Waals surface area contributed by atoms with E-state index in [9.17, 15) is 19.5 Å². The molecule has 0 unspecified atom stereocenters. The number of hydrogen-bond acceptors (Lipinski definition) is 5. The van der Waals surface area contributed by atoms with E-state index in [4.69, 9.17) is 0 Å². The van der Waals surface area contributed by atoms with Crippen molar-refractivity contribution in [2.24, 2.45) is 5.92 Å². The van der Waals surface area contributed by atoms with Gasteiger partial charge in [0.05, 0.1) is 23.5 Å². The second-order valence-electron chi connectivity index (χ2n) is 8.40. The van der Waals surface area contributed by atoms with Gasteiger partial charge in [0.2, 0.25) is 11.8 Å². The topological polar surface area (TPSA) is 111 Å². The van der Waals surface area contributed by atoms with Gasteiger partial charge in [0, 0.05) is 12.0 Å². The third-order valence-electron chi connectivity index (χ3n) is 5.85. The number of phenolic OH excluding ortho intramolecular Hbond substituents is 1. The second kappa shape index (κ2) is 9.82. The molecule has 0 atom stereocenters. The summed E-state index contributed by atoms with van der Waals surface area (Å²) in [4.78, 5) is 39.5. The summed E-state index contributed by atoms with van der Waals surface area (Å²) in [6.45, 7) is 1.44. The third kappa shape index (κ3) is 5.64. The van der Waals surface area contributed by atoms with Gasteiger partial charge in [0.25, 0.3) is 5.91 Å². The maximum atomic E-state index is 12.6. The highest BCUT2D eigenvalue weighted by Crippen LogP contribution is 2.25. The zero-order valence-electron chi connectivity index (χ0n) is 17.8. The van der Waals surface area contributed by atoms with E-state index in [1.165, 1.54) is 6.07 Å². The molecule has 2 aliphatic rings. The number of carbonyl (C=O) groups is 3. The number of aromatic hydroxyl groups is 1. The van der Waals surface area contributed by atoms with Crippen LogP contribution < -0.4 is 16.0 Å². The van der Waals surface area contributed by atoms with E-state index >= 15 is 0 Å². The summed E-state index contributed by atoms with van der Waals surface area (Å²) in [5, 5.41) is 18.4. The predicted octanol–water partition coefficient (Wildman–Crippen LogP) is 2.57. The fourth-order valence-corrected chi connectivity index (χ4v) is 3.84. The van der Waals surface area contributed by atoms with Gasteiger partial charge in [-0.25, -0.2) is 0 Å². The summed E-state index contributed by atoms with van der Waals surface area (Å²) in [6, 6.07) is 13.9. The van der Waals surface area contributed by atoms with Crippen molar-refractivity contribution in [2.45, 2.75) is 31.7 Å². The standard InChI is InChI=1S/C24H28N4O4/c29-21-8-4-3-7-20(21)27-23(31)16-11-13-28(14-12-16)15-22(30)26-19-6-2-1-5-18(19)24(32)25-17-9-10-17/h1-8,16-17,29H,9-15H2,(H,25,32)(H,26,30)(H,27,31). The summed E-state index contributed by atoms with van der Waals surface area (Å²) in [5.41, 5.74) is 1.38. The predicted molar refractivity (Wildman–Crippen MR) is 121 cm³/mol. The minimum Gasteiger partial charge on any atom is -0.506 e. The number of nitrogens with zero attached hydrogens (tertiary/aromatic N) is 1. The first-order chi connectivity index (χ1) is 15.5. The minimum atomic E-state index is -0.186. The van der Waals surface area contributed by atoms with Gasteiger partial charge in [-0.15, -0.1) is 0 Å². The molecule has 1 saturated carbocycles. The fraction of sp³-hybridized carbons (Fsp3) is 0.375. The molecule has 1 heterocycles. The lowest BCUT2D eigenvalue weighted by molar-refractivity contribution is -0.121. The number of nitrogens with one attached hydrogen (secondary N) is 3. The van der Waals surface area contributed by atoms with Crippen molar-refractivity contribution in [3.63, 3.8) is 0 Å². The van der Waals surface area contributed by atoms with Gasteiger partial charge in [0.1, 0.15) is 5.75 Å². The van der Waals surface area contributed by atoms with E-state index in [-0.39, 0.29) is 42.0 Å². The van der Waals surface area contributed by atoms with Crippen LogP contribution in [0.3, 0.4) is 0 Å². The van der Waals surface area contributed by atoms with Gasteiger partial charge < -0.3 is 21.1 Å². The molecule has 2 fully saturated rings. The van der Waals surface area contributed by atoms with Crippen molar-refractivity contribution in [1.82, 2.24) is 10.2 Å². The molecule has 1 aliphatic heterocycles. The number of piperidine rings is 1. The SMILES string of the molecule is O=C(CN1CCC(C(=O)Nc2ccccc2O)CC1)Nc1ccccc1C(=O)NC1CC1. The highest BCUT2D eigenvalue weighted by atomic mass is 16.3. The van der Waals surface area contributed by atoms with Crippen LogP contribution in [0, 0.1) is 5.92 Å². The van der Waals surface area contributed by atoms with Crippen LogP contribution in [-0.2, 0) is 9.59 Å². The maximum Gasteiger partial charge on any atom is 0.253 e. The summed E-state index contributed by atoms with van der Waals surface area (Å²) in [7, 11) is 0. The smallest absolute Gasteiger partial charge is 0.253 e. The monoisotopic (exact) mass is 436 g/mol. The molecule has 3 amide bonds. The van der Waals surface area contributed by atoms with E-state index in [2.05, 4.69) is 16.0 Å². The Morgan fingerprint density at radius 1 is 0.875 bits per heavy atom. The molecule has 8 heteroatoms. The van der Waals surface area contributed by atoms with E-state index in [0.717, 1.165) is 12.8 Å². The van der Waals surface area contributed by atoms with E-state index in [0.29, 0.717) is 42.9 Å². The Kier molecular flexibility index (Phi) is 6.70. The number of phenols is 1. The highest BCUT2D eigenvalue weighted by molar-refractivity contribution is 6.04. The average molecular weight is 437 g/mol. The Morgan fingerprint density at radius 3 is 2.22 bits per heavy atom. The Bertz CT molecular complexity index is 997. The van der Waals surface area contributed by atoms with Gasteiger partial charge in [-0.3, -0.25) is 19.3 Å². The molecule has 4 N–H and O–H groups in total. The van der Waals surface area contributed by atoms with Crippen molar-refractivity contribution < 1.29 is 19.5 Å². The van der Waals surface area contributed by atoms with Crippen LogP contribution in [0.4, 0.5) is 11.4 Å². The number of anilines is 2. The Labute approximate surface area is 187 Å². The van der Waals surface area contributed by atoms with Crippen LogP contribution in [0.2, 0.25) is 0 Å². The molecule has 1 saturated heterocycles. The summed E-state index contributed by atoms with van der Waals surface area (Å²) in [5.74, 6) is -0.596. The molecule has 4 rings (SSSR count). The van der Waals surface area contributed by atoms with Gasteiger partial charge in [-0.2, -0.15) is 0 Å². The van der Waals surface area contributed by atoms with Crippen LogP contribution in [0.1, 0.15) is 36.0 Å². The molecule has 0 bridgehead atoms. The minimum absolute atomic E-state index is 0.0426. The highest BCUT2D eigenvalue weighted by Gasteiger charge is 2.27. The average Bonchev–Trinajstić information content (AvgIpc) is 3.60. The van der Waals surface area contributed by atoms with Crippen LogP contribution in [0.25, 0.3) is 0 Å². The largest absolute Gasteiger partial charge is 0.506 e. The lowest BCUT2D eigenvalue weighted by atomic mass is 9.95. The Balaban J connectivity index is 1.26. The zero-order valence-corrected chi connectivity index (χ0v) is 17.8. The second-order valence-corrected chi connectivity index (χ2v) is 8.40. The number of carbonyl (C=O) groups excluding carboxylic acids is 3. The molecule has 168 valence electrons. The maximum absolute atomic E-state index is 12.6. The summed E-state index contributed by atoms with van der Waals surface area (Å²) in [6.07, 6.45) is 3.27. The molecule has 2 aromatic rings. The molecular formula is C24H28N4O4. The summed E-state index contributed by atoms with van der Waals surface area (Å²) >= 11 is 0. The van der Waals surface area contributed by atoms with Crippen LogP contribution in [-0.4, -0.2) is 53.4 Å². The number of amides is 3. The van der Waals surface area contributed by atoms with E-state index in [1.54, 1.807) is 42.5 Å². The number of likely N-dealkylation sites (tertiary alicyclic amines) is 1. The number of hydrogen-bond donors (Lipinski definition) is 4. The fourth-order valence-electron chi connectivity index (χ4n) is 3.84. The van der Waals surface area contributed by atoms with Crippen LogP contribution >= 0.6 is 0 Å². The molecule has 2 aromatic carbocycles. The van der Waals surface area contributed by atoms with Crippen molar-refractivity contribution in [3.05, 3.63) is 54.1 Å². The molecule has 0 aromatic heterocycles. The van der Waals surface area contributed by atoms with Gasteiger partial charge in [0.15, 0.2) is 0 Å².